The van der Waals surface area contributed by atoms with Crippen LogP contribution >= 0.6 is 0 Å². The number of nitriles is 1. The van der Waals surface area contributed by atoms with Crippen molar-refractivity contribution in [2.24, 2.45) is 0 Å². The number of nitrogens with one attached hydrogen (secondary N) is 1. The third-order valence-electron chi connectivity index (χ3n) is 3.40. The molecule has 0 amide bonds. The van der Waals surface area contributed by atoms with Gasteiger partial charge in [-0.15, -0.1) is 0 Å². The summed E-state index contributed by atoms with van der Waals surface area (Å²) in [7, 11) is 0. The first kappa shape index (κ1) is 15.1. The predicted octanol–water partition coefficient (Wildman–Crippen LogP) is 3.81. The molecule has 0 saturated carbocycles. The minimum Gasteiger partial charge on any atom is -0.489 e. The van der Waals surface area contributed by atoms with Crippen LogP contribution in [0.5, 0.6) is 5.75 Å². The molecule has 3 heteroatoms. The Bertz CT molecular complexity index is 631. The van der Waals surface area contributed by atoms with Gasteiger partial charge in [-0.1, -0.05) is 37.3 Å². The smallest absolute Gasteiger partial charge is 0.120 e. The molecule has 2 aromatic carbocycles. The molecule has 0 spiro atoms. The van der Waals surface area contributed by atoms with E-state index in [0.717, 1.165) is 17.9 Å². The van der Waals surface area contributed by atoms with Crippen LogP contribution in [0.15, 0.2) is 48.5 Å². The lowest BCUT2D eigenvalue weighted by atomic mass is 10.1. The predicted molar refractivity (Wildman–Crippen MR) is 84.0 cm³/mol. The molecule has 3 nitrogen and oxygen atoms in total. The Morgan fingerprint density at radius 2 is 2.00 bits per heavy atom. The first-order chi connectivity index (χ1) is 10.2. The standard InChI is InChI=1S/C18H20N2O/c1-3-20-14(2)15-9-6-10-18(11-15)21-13-17-8-5-4-7-16(17)12-19/h4-11,14,20H,3,13H2,1-2H3. The summed E-state index contributed by atoms with van der Waals surface area (Å²) in [6, 6.07) is 18.1. The van der Waals surface area contributed by atoms with Gasteiger partial charge in [0.2, 0.25) is 0 Å². The van der Waals surface area contributed by atoms with Crippen molar-refractivity contribution in [2.75, 3.05) is 6.54 Å². The second-order valence-electron chi connectivity index (χ2n) is 4.91. The summed E-state index contributed by atoms with van der Waals surface area (Å²) in [5.74, 6) is 0.824. The summed E-state index contributed by atoms with van der Waals surface area (Å²) in [5.41, 5.74) is 2.77. The lowest BCUT2D eigenvalue weighted by Gasteiger charge is -2.14. The molecule has 0 radical (unpaired) electrons. The second kappa shape index (κ2) is 7.47. The van der Waals surface area contributed by atoms with Crippen LogP contribution < -0.4 is 10.1 Å². The van der Waals surface area contributed by atoms with Gasteiger partial charge in [-0.3, -0.25) is 0 Å². The first-order valence-electron chi connectivity index (χ1n) is 7.18. The molecule has 1 atom stereocenters. The molecule has 0 aliphatic rings. The van der Waals surface area contributed by atoms with E-state index in [0.29, 0.717) is 18.2 Å². The fourth-order valence-electron chi connectivity index (χ4n) is 2.21. The maximum absolute atomic E-state index is 9.08. The zero-order chi connectivity index (χ0) is 15.1. The van der Waals surface area contributed by atoms with E-state index in [4.69, 9.17) is 10.00 Å². The maximum atomic E-state index is 9.08. The maximum Gasteiger partial charge on any atom is 0.120 e. The van der Waals surface area contributed by atoms with Crippen LogP contribution in [0.2, 0.25) is 0 Å². The number of nitrogens with zero attached hydrogens (tertiary/aromatic N) is 1. The lowest BCUT2D eigenvalue weighted by Crippen LogP contribution is -2.17. The summed E-state index contributed by atoms with van der Waals surface area (Å²) in [4.78, 5) is 0. The van der Waals surface area contributed by atoms with Gasteiger partial charge in [-0.2, -0.15) is 5.26 Å². The van der Waals surface area contributed by atoms with E-state index < -0.39 is 0 Å². The largest absolute Gasteiger partial charge is 0.489 e. The zero-order valence-corrected chi connectivity index (χ0v) is 12.5. The minimum absolute atomic E-state index is 0.296. The van der Waals surface area contributed by atoms with E-state index in [9.17, 15) is 0 Å². The highest BCUT2D eigenvalue weighted by Crippen LogP contribution is 2.20. The lowest BCUT2D eigenvalue weighted by molar-refractivity contribution is 0.305. The third-order valence-corrected chi connectivity index (χ3v) is 3.40. The zero-order valence-electron chi connectivity index (χ0n) is 12.5. The molecule has 21 heavy (non-hydrogen) atoms. The molecule has 0 saturated heterocycles. The average Bonchev–Trinajstić information content (AvgIpc) is 2.53. The van der Waals surface area contributed by atoms with Crippen molar-refractivity contribution in [1.29, 1.82) is 5.26 Å². The summed E-state index contributed by atoms with van der Waals surface area (Å²) >= 11 is 0. The summed E-state index contributed by atoms with van der Waals surface area (Å²) in [5, 5.41) is 12.5. The molecule has 0 aliphatic heterocycles. The molecule has 0 heterocycles. The normalized spacial score (nSPS) is 11.7. The second-order valence-corrected chi connectivity index (χ2v) is 4.91. The fraction of sp³-hybridized carbons (Fsp3) is 0.278. The van der Waals surface area contributed by atoms with Gasteiger partial charge >= 0.3 is 0 Å². The van der Waals surface area contributed by atoms with Gasteiger partial charge < -0.3 is 10.1 Å². The molecule has 0 fully saturated rings. The molecular formula is C18H20N2O. The van der Waals surface area contributed by atoms with Gasteiger partial charge in [0.1, 0.15) is 12.4 Å². The Kier molecular flexibility index (Phi) is 5.36. The molecular weight excluding hydrogens is 260 g/mol. The monoisotopic (exact) mass is 280 g/mol. The Balaban J connectivity index is 2.07. The van der Waals surface area contributed by atoms with E-state index in [1.165, 1.54) is 5.56 Å². The van der Waals surface area contributed by atoms with Crippen LogP contribution in [-0.4, -0.2) is 6.54 Å². The molecule has 0 aromatic heterocycles. The molecule has 2 rings (SSSR count). The van der Waals surface area contributed by atoms with E-state index in [2.05, 4.69) is 31.3 Å². The molecule has 108 valence electrons. The van der Waals surface area contributed by atoms with Crippen LogP contribution in [-0.2, 0) is 6.61 Å². The highest BCUT2D eigenvalue weighted by Gasteiger charge is 2.06. The van der Waals surface area contributed by atoms with Crippen molar-refractivity contribution in [1.82, 2.24) is 5.32 Å². The summed E-state index contributed by atoms with van der Waals surface area (Å²) in [6.07, 6.45) is 0. The number of benzene rings is 2. The number of rotatable bonds is 6. The van der Waals surface area contributed by atoms with Crippen LogP contribution in [0.3, 0.4) is 0 Å². The molecule has 1 unspecified atom stereocenters. The molecule has 0 aliphatic carbocycles. The van der Waals surface area contributed by atoms with Crippen molar-refractivity contribution >= 4 is 0 Å². The molecule has 1 N–H and O–H groups in total. The van der Waals surface area contributed by atoms with Crippen molar-refractivity contribution in [3.8, 4) is 11.8 Å². The third kappa shape index (κ3) is 4.08. The van der Waals surface area contributed by atoms with E-state index in [1.807, 2.05) is 42.5 Å². The van der Waals surface area contributed by atoms with E-state index in [1.54, 1.807) is 0 Å². The highest BCUT2D eigenvalue weighted by atomic mass is 16.5. The minimum atomic E-state index is 0.296. The quantitative estimate of drug-likeness (QED) is 0.875. The van der Waals surface area contributed by atoms with Crippen LogP contribution in [0.1, 0.15) is 36.6 Å². The van der Waals surface area contributed by atoms with Gasteiger partial charge in [-0.05, 0) is 37.2 Å². The summed E-state index contributed by atoms with van der Waals surface area (Å²) < 4.78 is 5.82. The van der Waals surface area contributed by atoms with E-state index >= 15 is 0 Å². The topological polar surface area (TPSA) is 45.0 Å². The van der Waals surface area contributed by atoms with Crippen molar-refractivity contribution in [2.45, 2.75) is 26.5 Å². The van der Waals surface area contributed by atoms with Crippen LogP contribution in [0.25, 0.3) is 0 Å². The van der Waals surface area contributed by atoms with Crippen LogP contribution in [0, 0.1) is 11.3 Å². The Morgan fingerprint density at radius 1 is 1.19 bits per heavy atom. The Labute approximate surface area is 126 Å². The first-order valence-corrected chi connectivity index (χ1v) is 7.18. The van der Waals surface area contributed by atoms with Crippen molar-refractivity contribution in [3.05, 3.63) is 65.2 Å². The average molecular weight is 280 g/mol. The molecule has 2 aromatic rings. The Hall–Kier alpha value is -2.31. The molecule has 0 bridgehead atoms. The van der Waals surface area contributed by atoms with Crippen molar-refractivity contribution < 1.29 is 4.74 Å². The fourth-order valence-corrected chi connectivity index (χ4v) is 2.21. The van der Waals surface area contributed by atoms with Gasteiger partial charge in [0.25, 0.3) is 0 Å². The summed E-state index contributed by atoms with van der Waals surface area (Å²) in [6.45, 7) is 5.56. The Morgan fingerprint density at radius 3 is 2.76 bits per heavy atom. The van der Waals surface area contributed by atoms with E-state index in [-0.39, 0.29) is 0 Å². The van der Waals surface area contributed by atoms with Gasteiger partial charge in [0, 0.05) is 11.6 Å². The van der Waals surface area contributed by atoms with Gasteiger partial charge in [0.05, 0.1) is 11.6 Å². The number of hydrogen-bond acceptors (Lipinski definition) is 3. The highest BCUT2D eigenvalue weighted by molar-refractivity contribution is 5.37. The number of ether oxygens (including phenoxy) is 1. The number of hydrogen-bond donors (Lipinski definition) is 1. The van der Waals surface area contributed by atoms with Crippen molar-refractivity contribution in [3.63, 3.8) is 0 Å². The van der Waals surface area contributed by atoms with Gasteiger partial charge in [0.15, 0.2) is 0 Å². The van der Waals surface area contributed by atoms with Crippen LogP contribution in [0.4, 0.5) is 0 Å². The SMILES string of the molecule is CCNC(C)c1cccc(OCc2ccccc2C#N)c1. The van der Waals surface area contributed by atoms with Gasteiger partial charge in [-0.25, -0.2) is 0 Å².